The molecule has 0 aliphatic heterocycles. The predicted octanol–water partition coefficient (Wildman–Crippen LogP) is 0.114. The molecule has 0 saturated heterocycles. The molecule has 0 atom stereocenters. The van der Waals surface area contributed by atoms with Gasteiger partial charge in [-0.2, -0.15) is 0 Å². The third kappa shape index (κ3) is 4.24. The van der Waals surface area contributed by atoms with Gasteiger partial charge in [0.05, 0.1) is 24.9 Å². The number of rotatable bonds is 7. The fourth-order valence-corrected chi connectivity index (χ4v) is 4.17. The zero-order valence-electron chi connectivity index (χ0n) is 15.9. The number of aryl methyl sites for hydroxylation is 2. The van der Waals surface area contributed by atoms with Crippen molar-refractivity contribution >= 4 is 44.2 Å². The summed E-state index contributed by atoms with van der Waals surface area (Å²) in [4.78, 5) is 41.4. The van der Waals surface area contributed by atoms with Crippen LogP contribution in [-0.2, 0) is 35.4 Å². The first-order valence-corrected chi connectivity index (χ1v) is 11.2. The Kier molecular flexibility index (Phi) is 5.61. The zero-order valence-corrected chi connectivity index (χ0v) is 17.5. The molecular weight excluding hydrogens is 422 g/mol. The fourth-order valence-electron chi connectivity index (χ4n) is 2.79. The van der Waals surface area contributed by atoms with Crippen molar-refractivity contribution in [3.63, 3.8) is 0 Å². The molecule has 0 fully saturated rings. The average Bonchev–Trinajstić information content (AvgIpc) is 3.24. The summed E-state index contributed by atoms with van der Waals surface area (Å²) in [6.45, 7) is 0.00681. The zero-order chi connectivity index (χ0) is 21.3. The van der Waals surface area contributed by atoms with Gasteiger partial charge in [0.15, 0.2) is 11.2 Å². The molecule has 0 saturated carbocycles. The summed E-state index contributed by atoms with van der Waals surface area (Å²) >= 11 is 1.04. The minimum absolute atomic E-state index is 0.0476. The van der Waals surface area contributed by atoms with Crippen molar-refractivity contribution in [3.05, 3.63) is 43.5 Å². The van der Waals surface area contributed by atoms with E-state index in [4.69, 9.17) is 4.74 Å². The van der Waals surface area contributed by atoms with Crippen LogP contribution in [0.5, 0.6) is 0 Å². The summed E-state index contributed by atoms with van der Waals surface area (Å²) in [7, 11) is -0.336. The second kappa shape index (κ2) is 7.83. The molecule has 0 amide bonds. The lowest BCUT2D eigenvalue weighted by atomic mass is 10.4. The number of anilines is 1. The van der Waals surface area contributed by atoms with Gasteiger partial charge in [0.2, 0.25) is 10.0 Å². The van der Waals surface area contributed by atoms with E-state index in [1.54, 1.807) is 17.0 Å². The Morgan fingerprint density at radius 2 is 2.03 bits per heavy atom. The molecule has 0 unspecified atom stereocenters. The van der Waals surface area contributed by atoms with Crippen molar-refractivity contribution < 1.29 is 17.9 Å². The highest BCUT2D eigenvalue weighted by molar-refractivity contribution is 7.92. The van der Waals surface area contributed by atoms with Gasteiger partial charge in [-0.15, -0.1) is 11.3 Å². The van der Waals surface area contributed by atoms with Crippen molar-refractivity contribution in [1.82, 2.24) is 18.7 Å². The summed E-state index contributed by atoms with van der Waals surface area (Å²) < 4.78 is 34.0. The number of hydrogen-bond acceptors (Lipinski definition) is 8. The number of fused-ring (bicyclic) bond motifs is 1. The van der Waals surface area contributed by atoms with Crippen LogP contribution in [0.25, 0.3) is 11.2 Å². The second-order valence-electron chi connectivity index (χ2n) is 6.35. The molecule has 13 heteroatoms. The normalized spacial score (nSPS) is 11.7. The van der Waals surface area contributed by atoms with Gasteiger partial charge in [0.1, 0.15) is 4.88 Å². The molecule has 0 aliphatic rings. The Hall–Kier alpha value is -2.93. The van der Waals surface area contributed by atoms with E-state index in [-0.39, 0.29) is 30.1 Å². The fraction of sp³-hybridized carbons (Fsp3) is 0.375. The Morgan fingerprint density at radius 3 is 2.72 bits per heavy atom. The number of thiophene rings is 1. The third-order valence-electron chi connectivity index (χ3n) is 4.11. The van der Waals surface area contributed by atoms with Crippen LogP contribution in [0.1, 0.15) is 16.1 Å². The van der Waals surface area contributed by atoms with Gasteiger partial charge in [0.25, 0.3) is 5.56 Å². The maximum absolute atomic E-state index is 12.6. The first kappa shape index (κ1) is 20.8. The number of nitrogens with zero attached hydrogens (tertiary/aromatic N) is 4. The molecular formula is C16H19N5O6S2. The van der Waals surface area contributed by atoms with E-state index in [0.29, 0.717) is 11.2 Å². The monoisotopic (exact) mass is 441 g/mol. The first-order valence-electron chi connectivity index (χ1n) is 8.43. The summed E-state index contributed by atoms with van der Waals surface area (Å²) in [6, 6.07) is 1.47. The van der Waals surface area contributed by atoms with Crippen molar-refractivity contribution in [3.8, 4) is 0 Å². The maximum atomic E-state index is 12.6. The van der Waals surface area contributed by atoms with E-state index in [2.05, 4.69) is 9.71 Å². The van der Waals surface area contributed by atoms with Gasteiger partial charge in [-0.05, 0) is 17.9 Å². The van der Waals surface area contributed by atoms with Crippen molar-refractivity contribution in [1.29, 1.82) is 0 Å². The van der Waals surface area contributed by atoms with Gasteiger partial charge in [-0.25, -0.2) is 23.0 Å². The van der Waals surface area contributed by atoms with Crippen LogP contribution < -0.4 is 16.0 Å². The molecule has 0 spiro atoms. The molecule has 0 aliphatic carbocycles. The van der Waals surface area contributed by atoms with Crippen LogP contribution in [-0.4, -0.2) is 45.9 Å². The predicted molar refractivity (Wildman–Crippen MR) is 108 cm³/mol. The van der Waals surface area contributed by atoms with Crippen molar-refractivity contribution in [2.75, 3.05) is 17.6 Å². The summed E-state index contributed by atoms with van der Waals surface area (Å²) in [5.74, 6) is -0.687. The number of imidazole rings is 1. The number of nitrogens with one attached hydrogen (secondary N) is 1. The number of hydrogen-bond donors (Lipinski definition) is 1. The molecule has 0 aromatic carbocycles. The molecule has 3 rings (SSSR count). The highest BCUT2D eigenvalue weighted by atomic mass is 32.2. The van der Waals surface area contributed by atoms with E-state index < -0.39 is 27.2 Å². The molecule has 11 nitrogen and oxygen atoms in total. The quantitative estimate of drug-likeness (QED) is 0.406. The molecule has 29 heavy (non-hydrogen) atoms. The highest BCUT2D eigenvalue weighted by Gasteiger charge is 2.18. The van der Waals surface area contributed by atoms with Crippen molar-refractivity contribution in [2.24, 2.45) is 14.1 Å². The Balaban J connectivity index is 1.68. The lowest BCUT2D eigenvalue weighted by Crippen LogP contribution is -2.39. The molecule has 3 heterocycles. The standard InChI is InChI=1S/C16H19N5O6S2/c1-19-9-17-13-11(19)14(22)21(16(24)20(13)2)6-4-7-27-15(23)12-10(5-8-28-12)18-29(3,25)26/h5,8-9,18H,4,6-7H2,1-3H3. The van der Waals surface area contributed by atoms with E-state index in [1.807, 2.05) is 0 Å². The van der Waals surface area contributed by atoms with Gasteiger partial charge >= 0.3 is 11.7 Å². The lowest BCUT2D eigenvalue weighted by molar-refractivity contribution is 0.0502. The minimum Gasteiger partial charge on any atom is -0.461 e. The maximum Gasteiger partial charge on any atom is 0.350 e. The topological polar surface area (TPSA) is 134 Å². The van der Waals surface area contributed by atoms with Crippen LogP contribution >= 0.6 is 11.3 Å². The number of esters is 1. The van der Waals surface area contributed by atoms with Gasteiger partial charge in [-0.3, -0.25) is 18.7 Å². The number of carbonyl (C=O) groups excluding carboxylic acids is 1. The molecule has 0 radical (unpaired) electrons. The lowest BCUT2D eigenvalue weighted by Gasteiger charge is -2.09. The minimum atomic E-state index is -3.53. The van der Waals surface area contributed by atoms with Crippen LogP contribution in [0.2, 0.25) is 0 Å². The third-order valence-corrected chi connectivity index (χ3v) is 5.59. The number of sulfonamides is 1. The van der Waals surface area contributed by atoms with E-state index >= 15 is 0 Å². The average molecular weight is 441 g/mol. The van der Waals surface area contributed by atoms with Gasteiger partial charge in [0, 0.05) is 20.6 Å². The second-order valence-corrected chi connectivity index (χ2v) is 9.02. The summed E-state index contributed by atoms with van der Waals surface area (Å²) in [5, 5.41) is 1.57. The summed E-state index contributed by atoms with van der Waals surface area (Å²) in [5.41, 5.74) is -0.222. The van der Waals surface area contributed by atoms with Crippen LogP contribution in [0.4, 0.5) is 5.69 Å². The summed E-state index contributed by atoms with van der Waals surface area (Å²) in [6.07, 6.45) is 2.67. The van der Waals surface area contributed by atoms with Gasteiger partial charge < -0.3 is 9.30 Å². The molecule has 156 valence electrons. The van der Waals surface area contributed by atoms with E-state index in [9.17, 15) is 22.8 Å². The SMILES string of the molecule is Cn1cnc2c1c(=O)n(CCCOC(=O)c1sccc1NS(C)(=O)=O)c(=O)n2C. The molecule has 3 aromatic rings. The van der Waals surface area contributed by atoms with Gasteiger partial charge in [-0.1, -0.05) is 0 Å². The smallest absolute Gasteiger partial charge is 0.350 e. The van der Waals surface area contributed by atoms with Crippen molar-refractivity contribution in [2.45, 2.75) is 13.0 Å². The number of carbonyl (C=O) groups is 1. The van der Waals surface area contributed by atoms with Crippen LogP contribution in [0, 0.1) is 0 Å². The molecule has 3 aromatic heterocycles. The largest absolute Gasteiger partial charge is 0.461 e. The van der Waals surface area contributed by atoms with E-state index in [0.717, 1.165) is 22.2 Å². The highest BCUT2D eigenvalue weighted by Crippen LogP contribution is 2.24. The van der Waals surface area contributed by atoms with E-state index in [1.165, 1.54) is 24.0 Å². The number of aromatic nitrogens is 4. The Morgan fingerprint density at radius 1 is 1.31 bits per heavy atom. The van der Waals surface area contributed by atoms with Crippen LogP contribution in [0.3, 0.4) is 0 Å². The first-order chi connectivity index (χ1) is 13.6. The molecule has 0 bridgehead atoms. The Bertz CT molecular complexity index is 1300. The number of ether oxygens (including phenoxy) is 1. The van der Waals surface area contributed by atoms with Crippen LogP contribution in [0.15, 0.2) is 27.4 Å². The molecule has 1 N–H and O–H groups in total. The Labute approximate surface area is 169 Å².